The summed E-state index contributed by atoms with van der Waals surface area (Å²) in [7, 11) is 0. The fourth-order valence-corrected chi connectivity index (χ4v) is 4.05. The van der Waals surface area contributed by atoms with E-state index in [1.165, 1.54) is 29.0 Å². The molecule has 3 rings (SSSR count). The summed E-state index contributed by atoms with van der Waals surface area (Å²) in [4.78, 5) is 6.45. The Labute approximate surface area is 148 Å². The van der Waals surface area contributed by atoms with Crippen LogP contribution in [0.5, 0.6) is 5.75 Å². The molecule has 0 aliphatic carbocycles. The van der Waals surface area contributed by atoms with Gasteiger partial charge in [0.15, 0.2) is 0 Å². The highest BCUT2D eigenvalue weighted by atomic mass is 32.1. The first kappa shape index (κ1) is 18.2. The number of hydrogen-bond donors (Lipinski definition) is 1. The van der Waals surface area contributed by atoms with E-state index in [2.05, 4.69) is 9.88 Å². The van der Waals surface area contributed by atoms with E-state index >= 15 is 0 Å². The Kier molecular flexibility index (Phi) is 5.93. The Morgan fingerprint density at radius 1 is 1.24 bits per heavy atom. The van der Waals surface area contributed by atoms with Crippen molar-refractivity contribution < 1.29 is 17.9 Å². The van der Waals surface area contributed by atoms with Gasteiger partial charge in [-0.2, -0.15) is 0 Å². The molecule has 1 aromatic carbocycles. The van der Waals surface area contributed by atoms with Crippen molar-refractivity contribution in [3.8, 4) is 5.75 Å². The molecule has 1 atom stereocenters. The minimum Gasteiger partial charge on any atom is -0.490 e. The molecule has 1 aliphatic heterocycles. The van der Waals surface area contributed by atoms with Gasteiger partial charge in [-0.3, -0.25) is 4.90 Å². The van der Waals surface area contributed by atoms with E-state index in [0.29, 0.717) is 23.7 Å². The summed E-state index contributed by atoms with van der Waals surface area (Å²) in [5.41, 5.74) is 7.15. The number of thiazole rings is 1. The Morgan fingerprint density at radius 3 is 2.52 bits per heavy atom. The molecule has 1 aromatic heterocycles. The molecule has 0 radical (unpaired) electrons. The number of aromatic nitrogens is 1. The maximum Gasteiger partial charge on any atom is 0.281 e. The molecule has 8 heteroatoms. The molecule has 2 heterocycles. The first-order chi connectivity index (χ1) is 12.1. The van der Waals surface area contributed by atoms with Crippen LogP contribution < -0.4 is 10.5 Å². The van der Waals surface area contributed by atoms with Crippen LogP contribution in [-0.2, 0) is 0 Å². The van der Waals surface area contributed by atoms with E-state index < -0.39 is 6.43 Å². The zero-order chi connectivity index (χ0) is 17.8. The minimum absolute atomic E-state index is 0.0242. The van der Waals surface area contributed by atoms with Gasteiger partial charge >= 0.3 is 0 Å². The standard InChI is InChI=1S/C17H20F3N3OS/c18-11-1-3-12(4-2-11)24-13-5-7-23(8-6-13)14(9-21)16-15(17(19)20)22-10-25-16/h1-4,10,13-14,17H,5-9,21H2. The van der Waals surface area contributed by atoms with Crippen molar-refractivity contribution in [2.45, 2.75) is 31.4 Å². The zero-order valence-electron chi connectivity index (χ0n) is 13.6. The Morgan fingerprint density at radius 2 is 1.92 bits per heavy atom. The molecule has 1 saturated heterocycles. The quantitative estimate of drug-likeness (QED) is 0.840. The average molecular weight is 371 g/mol. The molecule has 1 aliphatic rings. The number of benzene rings is 1. The third kappa shape index (κ3) is 4.31. The van der Waals surface area contributed by atoms with Crippen LogP contribution in [0.1, 0.15) is 35.9 Å². The third-order valence-corrected chi connectivity index (χ3v) is 5.34. The van der Waals surface area contributed by atoms with Crippen LogP contribution in [0.3, 0.4) is 0 Å². The lowest BCUT2D eigenvalue weighted by atomic mass is 10.0. The lowest BCUT2D eigenvalue weighted by Gasteiger charge is -2.37. The van der Waals surface area contributed by atoms with Crippen LogP contribution in [0.15, 0.2) is 29.8 Å². The van der Waals surface area contributed by atoms with Crippen molar-refractivity contribution in [1.29, 1.82) is 0 Å². The average Bonchev–Trinajstić information content (AvgIpc) is 3.09. The first-order valence-electron chi connectivity index (χ1n) is 8.16. The predicted molar refractivity (Wildman–Crippen MR) is 90.5 cm³/mol. The van der Waals surface area contributed by atoms with E-state index in [1.807, 2.05) is 0 Å². The summed E-state index contributed by atoms with van der Waals surface area (Å²) in [5, 5.41) is 0. The van der Waals surface area contributed by atoms with Crippen molar-refractivity contribution in [3.05, 3.63) is 46.2 Å². The summed E-state index contributed by atoms with van der Waals surface area (Å²) >= 11 is 1.23. The number of nitrogens with zero attached hydrogens (tertiary/aromatic N) is 2. The fraction of sp³-hybridized carbons (Fsp3) is 0.471. The van der Waals surface area contributed by atoms with Gasteiger partial charge in [-0.1, -0.05) is 0 Å². The van der Waals surface area contributed by atoms with Crippen molar-refractivity contribution in [2.24, 2.45) is 5.73 Å². The highest BCUT2D eigenvalue weighted by Crippen LogP contribution is 2.34. The number of halogens is 3. The number of likely N-dealkylation sites (tertiary alicyclic amines) is 1. The number of alkyl halides is 2. The number of nitrogens with two attached hydrogens (primary N) is 1. The van der Waals surface area contributed by atoms with Crippen LogP contribution in [0, 0.1) is 5.82 Å². The SMILES string of the molecule is NCC(c1scnc1C(F)F)N1CCC(Oc2ccc(F)cc2)CC1. The monoisotopic (exact) mass is 371 g/mol. The second-order valence-corrected chi connectivity index (χ2v) is 6.85. The molecular weight excluding hydrogens is 351 g/mol. The molecule has 136 valence electrons. The number of ether oxygens (including phenoxy) is 1. The molecule has 1 unspecified atom stereocenters. The van der Waals surface area contributed by atoms with Gasteiger partial charge in [-0.05, 0) is 37.1 Å². The molecule has 0 spiro atoms. The second kappa shape index (κ2) is 8.16. The normalized spacial score (nSPS) is 17.8. The lowest BCUT2D eigenvalue weighted by Crippen LogP contribution is -2.42. The molecule has 25 heavy (non-hydrogen) atoms. The molecule has 2 N–H and O–H groups in total. The molecular formula is C17H20F3N3OS. The molecule has 0 amide bonds. The Hall–Kier alpha value is -1.64. The van der Waals surface area contributed by atoms with Gasteiger partial charge in [0.05, 0.1) is 16.4 Å². The minimum atomic E-state index is -2.59. The van der Waals surface area contributed by atoms with Gasteiger partial charge in [0.1, 0.15) is 23.4 Å². The zero-order valence-corrected chi connectivity index (χ0v) is 14.4. The maximum absolute atomic E-state index is 13.1. The largest absolute Gasteiger partial charge is 0.490 e. The van der Waals surface area contributed by atoms with Crippen LogP contribution in [0.25, 0.3) is 0 Å². The van der Waals surface area contributed by atoms with Crippen LogP contribution in [-0.4, -0.2) is 35.6 Å². The van der Waals surface area contributed by atoms with Crippen LogP contribution >= 0.6 is 11.3 Å². The molecule has 2 aromatic rings. The maximum atomic E-state index is 13.1. The fourth-order valence-electron chi connectivity index (χ4n) is 3.11. The van der Waals surface area contributed by atoms with Crippen molar-refractivity contribution in [1.82, 2.24) is 9.88 Å². The van der Waals surface area contributed by atoms with E-state index in [0.717, 1.165) is 12.8 Å². The van der Waals surface area contributed by atoms with Crippen molar-refractivity contribution in [3.63, 3.8) is 0 Å². The van der Waals surface area contributed by atoms with Crippen molar-refractivity contribution in [2.75, 3.05) is 19.6 Å². The van der Waals surface area contributed by atoms with E-state index in [4.69, 9.17) is 10.5 Å². The predicted octanol–water partition coefficient (Wildman–Crippen LogP) is 3.76. The van der Waals surface area contributed by atoms with Crippen molar-refractivity contribution >= 4 is 11.3 Å². The highest BCUT2D eigenvalue weighted by Gasteiger charge is 2.30. The molecule has 1 fully saturated rings. The summed E-state index contributed by atoms with van der Waals surface area (Å²) in [5.74, 6) is 0.338. The Bertz CT molecular complexity index is 672. The van der Waals surface area contributed by atoms with Gasteiger partial charge < -0.3 is 10.5 Å². The van der Waals surface area contributed by atoms with E-state index in [1.54, 1.807) is 12.1 Å². The second-order valence-electron chi connectivity index (χ2n) is 5.96. The number of hydrogen-bond acceptors (Lipinski definition) is 5. The first-order valence-corrected chi connectivity index (χ1v) is 9.04. The van der Waals surface area contributed by atoms with Gasteiger partial charge in [-0.15, -0.1) is 11.3 Å². The smallest absolute Gasteiger partial charge is 0.281 e. The molecule has 4 nitrogen and oxygen atoms in total. The summed E-state index contributed by atoms with van der Waals surface area (Å²) in [6.45, 7) is 1.67. The van der Waals surface area contributed by atoms with Crippen LogP contribution in [0.2, 0.25) is 0 Å². The summed E-state index contributed by atoms with van der Waals surface area (Å²) < 4.78 is 45.0. The topological polar surface area (TPSA) is 51.4 Å². The summed E-state index contributed by atoms with van der Waals surface area (Å²) in [6.07, 6.45) is -1.04. The molecule has 0 saturated carbocycles. The van der Waals surface area contributed by atoms with Gasteiger partial charge in [0, 0.05) is 19.6 Å². The van der Waals surface area contributed by atoms with Gasteiger partial charge in [-0.25, -0.2) is 18.2 Å². The number of piperidine rings is 1. The molecule has 0 bridgehead atoms. The van der Waals surface area contributed by atoms with Crippen LogP contribution in [0.4, 0.5) is 13.2 Å². The van der Waals surface area contributed by atoms with Gasteiger partial charge in [0.25, 0.3) is 6.43 Å². The highest BCUT2D eigenvalue weighted by molar-refractivity contribution is 7.09. The summed E-state index contributed by atoms with van der Waals surface area (Å²) in [6, 6.07) is 5.70. The third-order valence-electron chi connectivity index (χ3n) is 4.39. The Balaban J connectivity index is 1.60. The van der Waals surface area contributed by atoms with E-state index in [9.17, 15) is 13.2 Å². The lowest BCUT2D eigenvalue weighted by molar-refractivity contribution is 0.0756. The number of rotatable bonds is 6. The van der Waals surface area contributed by atoms with E-state index in [-0.39, 0.29) is 30.2 Å². The van der Waals surface area contributed by atoms with Gasteiger partial charge in [0.2, 0.25) is 0 Å².